The standard InChI is InChI=1S/C18H24N2O4S/c1-2-23-18(22)13-5-4-9-20(11-13)17(21)15-6-3-8-19-16(15)24-14-7-10-25-12-14/h3,6,8,13-14H,2,4-5,7,9-12H2,1H3. The number of nitrogens with zero attached hydrogens (tertiary/aromatic N) is 2. The highest BCUT2D eigenvalue weighted by Gasteiger charge is 2.31. The van der Waals surface area contributed by atoms with E-state index < -0.39 is 0 Å². The van der Waals surface area contributed by atoms with E-state index in [-0.39, 0.29) is 23.9 Å². The normalized spacial score (nSPS) is 23.3. The number of rotatable bonds is 5. The molecule has 0 radical (unpaired) electrons. The molecule has 1 aromatic heterocycles. The molecule has 2 fully saturated rings. The molecule has 1 amide bonds. The minimum atomic E-state index is -0.245. The van der Waals surface area contributed by atoms with Crippen LogP contribution >= 0.6 is 11.8 Å². The number of hydrogen-bond donors (Lipinski definition) is 0. The summed E-state index contributed by atoms with van der Waals surface area (Å²) in [6, 6.07) is 3.50. The van der Waals surface area contributed by atoms with Gasteiger partial charge in [0.05, 0.1) is 12.5 Å². The molecule has 0 spiro atoms. The van der Waals surface area contributed by atoms with Gasteiger partial charge in [0.2, 0.25) is 5.88 Å². The van der Waals surface area contributed by atoms with Crippen molar-refractivity contribution >= 4 is 23.6 Å². The number of ether oxygens (including phenoxy) is 2. The predicted molar refractivity (Wildman–Crippen MR) is 95.9 cm³/mol. The molecule has 0 saturated carbocycles. The second kappa shape index (κ2) is 8.56. The maximum Gasteiger partial charge on any atom is 0.310 e. The van der Waals surface area contributed by atoms with E-state index in [0.717, 1.165) is 30.8 Å². The van der Waals surface area contributed by atoms with Gasteiger partial charge in [-0.3, -0.25) is 9.59 Å². The smallest absolute Gasteiger partial charge is 0.310 e. The number of pyridine rings is 1. The summed E-state index contributed by atoms with van der Waals surface area (Å²) in [6.45, 7) is 3.20. The van der Waals surface area contributed by atoms with Crippen LogP contribution in [0.25, 0.3) is 0 Å². The van der Waals surface area contributed by atoms with Gasteiger partial charge in [-0.2, -0.15) is 11.8 Å². The van der Waals surface area contributed by atoms with Crippen molar-refractivity contribution < 1.29 is 19.1 Å². The highest BCUT2D eigenvalue weighted by molar-refractivity contribution is 7.99. The lowest BCUT2D eigenvalue weighted by molar-refractivity contribution is -0.149. The predicted octanol–water partition coefficient (Wildman–Crippen LogP) is 2.38. The molecular weight excluding hydrogens is 340 g/mol. The Morgan fingerprint density at radius 2 is 2.28 bits per heavy atom. The van der Waals surface area contributed by atoms with E-state index in [1.807, 2.05) is 11.8 Å². The molecule has 0 aromatic carbocycles. The van der Waals surface area contributed by atoms with E-state index in [2.05, 4.69) is 4.98 Å². The Kier molecular flexibility index (Phi) is 6.18. The van der Waals surface area contributed by atoms with Gasteiger partial charge in [-0.1, -0.05) is 0 Å². The molecule has 0 aliphatic carbocycles. The quantitative estimate of drug-likeness (QED) is 0.747. The summed E-state index contributed by atoms with van der Waals surface area (Å²) in [4.78, 5) is 31.0. The molecule has 0 bridgehead atoms. The van der Waals surface area contributed by atoms with E-state index in [1.165, 1.54) is 0 Å². The Hall–Kier alpha value is -1.76. The van der Waals surface area contributed by atoms with Crippen LogP contribution in [0.3, 0.4) is 0 Å². The average Bonchev–Trinajstić information content (AvgIpc) is 3.15. The first kappa shape index (κ1) is 18.0. The maximum atomic E-state index is 13.0. The summed E-state index contributed by atoms with van der Waals surface area (Å²) in [5, 5.41) is 0. The zero-order valence-electron chi connectivity index (χ0n) is 14.5. The average molecular weight is 364 g/mol. The second-order valence-electron chi connectivity index (χ2n) is 6.30. The highest BCUT2D eigenvalue weighted by atomic mass is 32.2. The molecule has 136 valence electrons. The van der Waals surface area contributed by atoms with Crippen molar-refractivity contribution in [2.75, 3.05) is 31.2 Å². The van der Waals surface area contributed by atoms with E-state index in [9.17, 15) is 9.59 Å². The molecule has 7 heteroatoms. The number of carbonyl (C=O) groups excluding carboxylic acids is 2. The lowest BCUT2D eigenvalue weighted by atomic mass is 9.97. The van der Waals surface area contributed by atoms with E-state index in [1.54, 1.807) is 30.2 Å². The number of likely N-dealkylation sites (tertiary alicyclic amines) is 1. The van der Waals surface area contributed by atoms with Crippen molar-refractivity contribution in [1.29, 1.82) is 0 Å². The van der Waals surface area contributed by atoms with Gasteiger partial charge in [0.25, 0.3) is 5.91 Å². The summed E-state index contributed by atoms with van der Waals surface area (Å²) in [7, 11) is 0. The molecule has 2 atom stereocenters. The van der Waals surface area contributed by atoms with Crippen LogP contribution in [0.4, 0.5) is 0 Å². The van der Waals surface area contributed by atoms with Crippen LogP contribution in [0.2, 0.25) is 0 Å². The lowest BCUT2D eigenvalue weighted by Gasteiger charge is -2.31. The van der Waals surface area contributed by atoms with Crippen molar-refractivity contribution in [2.24, 2.45) is 5.92 Å². The molecule has 0 N–H and O–H groups in total. The summed E-state index contributed by atoms with van der Waals surface area (Å²) in [6.07, 6.45) is 4.29. The van der Waals surface area contributed by atoms with E-state index in [4.69, 9.17) is 9.47 Å². The maximum absolute atomic E-state index is 13.0. The zero-order chi connectivity index (χ0) is 17.6. The zero-order valence-corrected chi connectivity index (χ0v) is 15.3. The molecular formula is C18H24N2O4S. The third-order valence-electron chi connectivity index (χ3n) is 4.50. The Balaban J connectivity index is 1.70. The first-order chi connectivity index (χ1) is 12.2. The van der Waals surface area contributed by atoms with Crippen LogP contribution < -0.4 is 4.74 Å². The first-order valence-corrected chi connectivity index (χ1v) is 9.99. The van der Waals surface area contributed by atoms with Gasteiger partial charge < -0.3 is 14.4 Å². The fourth-order valence-electron chi connectivity index (χ4n) is 3.20. The Morgan fingerprint density at radius 3 is 3.04 bits per heavy atom. The Labute approximate surface area is 152 Å². The van der Waals surface area contributed by atoms with Crippen LogP contribution in [-0.4, -0.2) is 59.1 Å². The molecule has 6 nitrogen and oxygen atoms in total. The van der Waals surface area contributed by atoms with Gasteiger partial charge in [-0.05, 0) is 44.1 Å². The minimum Gasteiger partial charge on any atom is -0.473 e. The number of thioether (sulfide) groups is 1. The summed E-state index contributed by atoms with van der Waals surface area (Å²) in [5.41, 5.74) is 0.476. The van der Waals surface area contributed by atoms with E-state index >= 15 is 0 Å². The fourth-order valence-corrected chi connectivity index (χ4v) is 4.29. The van der Waals surface area contributed by atoms with Crippen LogP contribution in [0.5, 0.6) is 5.88 Å². The number of piperidine rings is 1. The Morgan fingerprint density at radius 1 is 1.40 bits per heavy atom. The molecule has 3 rings (SSSR count). The minimum absolute atomic E-state index is 0.111. The first-order valence-electron chi connectivity index (χ1n) is 8.84. The number of esters is 1. The third kappa shape index (κ3) is 4.45. The van der Waals surface area contributed by atoms with Gasteiger partial charge in [-0.15, -0.1) is 0 Å². The molecule has 25 heavy (non-hydrogen) atoms. The monoisotopic (exact) mass is 364 g/mol. The molecule has 1 aromatic rings. The summed E-state index contributed by atoms with van der Waals surface area (Å²) in [5.74, 6) is 1.82. The second-order valence-corrected chi connectivity index (χ2v) is 7.45. The highest BCUT2D eigenvalue weighted by Crippen LogP contribution is 2.26. The Bertz CT molecular complexity index is 619. The van der Waals surface area contributed by atoms with Gasteiger partial charge in [0, 0.05) is 25.0 Å². The fraction of sp³-hybridized carbons (Fsp3) is 0.611. The molecule has 2 aliphatic rings. The molecule has 2 unspecified atom stereocenters. The molecule has 3 heterocycles. The number of carbonyl (C=O) groups is 2. The number of amides is 1. The van der Waals surface area contributed by atoms with Crippen molar-refractivity contribution in [3.63, 3.8) is 0 Å². The van der Waals surface area contributed by atoms with Crippen LogP contribution in [0, 0.1) is 5.92 Å². The van der Waals surface area contributed by atoms with Gasteiger partial charge in [-0.25, -0.2) is 4.98 Å². The third-order valence-corrected chi connectivity index (χ3v) is 5.63. The van der Waals surface area contributed by atoms with Crippen LogP contribution in [0.1, 0.15) is 36.5 Å². The topological polar surface area (TPSA) is 68.7 Å². The lowest BCUT2D eigenvalue weighted by Crippen LogP contribution is -2.43. The SMILES string of the molecule is CCOC(=O)C1CCCN(C(=O)c2cccnc2OC2CCSC2)C1. The van der Waals surface area contributed by atoms with Crippen molar-refractivity contribution in [3.05, 3.63) is 23.9 Å². The van der Waals surface area contributed by atoms with Crippen LogP contribution in [-0.2, 0) is 9.53 Å². The largest absolute Gasteiger partial charge is 0.473 e. The summed E-state index contributed by atoms with van der Waals surface area (Å²) >= 11 is 1.85. The molecule has 2 aliphatic heterocycles. The summed E-state index contributed by atoms with van der Waals surface area (Å²) < 4.78 is 11.1. The number of aromatic nitrogens is 1. The van der Waals surface area contributed by atoms with Crippen molar-refractivity contribution in [3.8, 4) is 5.88 Å². The van der Waals surface area contributed by atoms with Gasteiger partial charge >= 0.3 is 5.97 Å². The van der Waals surface area contributed by atoms with Gasteiger partial charge in [0.1, 0.15) is 11.7 Å². The van der Waals surface area contributed by atoms with Crippen molar-refractivity contribution in [2.45, 2.75) is 32.3 Å². The molecule has 2 saturated heterocycles. The van der Waals surface area contributed by atoms with E-state index in [0.29, 0.717) is 31.1 Å². The van der Waals surface area contributed by atoms with Gasteiger partial charge in [0.15, 0.2) is 0 Å². The number of hydrogen-bond acceptors (Lipinski definition) is 6. The van der Waals surface area contributed by atoms with Crippen molar-refractivity contribution in [1.82, 2.24) is 9.88 Å². The van der Waals surface area contributed by atoms with Crippen LogP contribution in [0.15, 0.2) is 18.3 Å².